The maximum atomic E-state index is 11.9. The second-order valence-corrected chi connectivity index (χ2v) is 6.04. The van der Waals surface area contributed by atoms with Gasteiger partial charge in [0.25, 0.3) is 5.91 Å². The van der Waals surface area contributed by atoms with Crippen LogP contribution in [0.2, 0.25) is 0 Å². The first-order valence-corrected chi connectivity index (χ1v) is 7.48. The van der Waals surface area contributed by atoms with Crippen molar-refractivity contribution in [1.29, 1.82) is 0 Å². The molecule has 0 aliphatic rings. The van der Waals surface area contributed by atoms with Crippen LogP contribution in [0.3, 0.4) is 0 Å². The summed E-state index contributed by atoms with van der Waals surface area (Å²) in [5.74, 6) is -0.406. The van der Waals surface area contributed by atoms with E-state index < -0.39 is 9.84 Å². The van der Waals surface area contributed by atoms with Gasteiger partial charge in [0.1, 0.15) is 0 Å². The van der Waals surface area contributed by atoms with Crippen molar-refractivity contribution < 1.29 is 13.2 Å². The fourth-order valence-electron chi connectivity index (χ4n) is 1.48. The predicted molar refractivity (Wildman–Crippen MR) is 77.4 cm³/mol. The first-order valence-electron chi connectivity index (χ1n) is 5.83. The minimum absolute atomic E-state index is 0. The number of carbonyl (C=O) groups excluding carboxylic acids is 1. The molecule has 1 amide bonds. The van der Waals surface area contributed by atoms with Crippen LogP contribution >= 0.6 is 12.4 Å². The zero-order chi connectivity index (χ0) is 13.6. The summed E-state index contributed by atoms with van der Waals surface area (Å²) in [6.45, 7) is 2.48. The van der Waals surface area contributed by atoms with Crippen molar-refractivity contribution in [2.75, 3.05) is 18.8 Å². The molecule has 0 saturated carbocycles. The van der Waals surface area contributed by atoms with Gasteiger partial charge in [0.05, 0.1) is 16.2 Å². The number of nitrogens with one attached hydrogen (secondary N) is 1. The predicted octanol–water partition coefficient (Wildman–Crippen LogP) is 0.981. The minimum atomic E-state index is -3.39. The van der Waals surface area contributed by atoms with E-state index in [2.05, 4.69) is 5.32 Å². The third kappa shape index (κ3) is 4.81. The molecule has 0 aromatic heterocycles. The number of carbonyl (C=O) groups is 1. The Hall–Kier alpha value is -1.11. The van der Waals surface area contributed by atoms with Gasteiger partial charge < -0.3 is 11.1 Å². The van der Waals surface area contributed by atoms with Gasteiger partial charge in [0, 0.05) is 6.54 Å². The number of sulfone groups is 1. The van der Waals surface area contributed by atoms with Crippen molar-refractivity contribution in [3.63, 3.8) is 0 Å². The highest BCUT2D eigenvalue weighted by molar-refractivity contribution is 7.91. The van der Waals surface area contributed by atoms with Crippen LogP contribution in [0.25, 0.3) is 0 Å². The lowest BCUT2D eigenvalue weighted by Crippen LogP contribution is -2.27. The van der Waals surface area contributed by atoms with E-state index in [0.29, 0.717) is 19.5 Å². The van der Waals surface area contributed by atoms with Gasteiger partial charge >= 0.3 is 0 Å². The van der Waals surface area contributed by atoms with Crippen molar-refractivity contribution in [3.8, 4) is 0 Å². The summed E-state index contributed by atoms with van der Waals surface area (Å²) in [7, 11) is -3.39. The molecule has 0 spiro atoms. The Morgan fingerprint density at radius 3 is 2.53 bits per heavy atom. The summed E-state index contributed by atoms with van der Waals surface area (Å²) in [6.07, 6.45) is 0.661. The molecule has 0 fully saturated rings. The third-order valence-corrected chi connectivity index (χ3v) is 4.30. The maximum Gasteiger partial charge on any atom is 0.252 e. The summed E-state index contributed by atoms with van der Waals surface area (Å²) in [6, 6.07) is 6.22. The molecule has 0 unspecified atom stereocenters. The second kappa shape index (κ2) is 8.14. The molecule has 0 saturated heterocycles. The molecule has 19 heavy (non-hydrogen) atoms. The van der Waals surface area contributed by atoms with Crippen LogP contribution in [-0.4, -0.2) is 33.2 Å². The Morgan fingerprint density at radius 2 is 1.95 bits per heavy atom. The largest absolute Gasteiger partial charge is 0.352 e. The van der Waals surface area contributed by atoms with E-state index in [-0.39, 0.29) is 34.5 Å². The van der Waals surface area contributed by atoms with E-state index in [1.807, 2.05) is 0 Å². The Balaban J connectivity index is 0.00000324. The lowest BCUT2D eigenvalue weighted by molar-refractivity contribution is 0.0950. The zero-order valence-corrected chi connectivity index (χ0v) is 12.4. The van der Waals surface area contributed by atoms with Crippen LogP contribution in [0.1, 0.15) is 23.7 Å². The topological polar surface area (TPSA) is 89.3 Å². The highest BCUT2D eigenvalue weighted by atomic mass is 35.5. The van der Waals surface area contributed by atoms with Gasteiger partial charge in [-0.15, -0.1) is 12.4 Å². The third-order valence-electron chi connectivity index (χ3n) is 2.51. The number of halogens is 1. The van der Waals surface area contributed by atoms with E-state index >= 15 is 0 Å². The van der Waals surface area contributed by atoms with E-state index in [4.69, 9.17) is 5.73 Å². The molecule has 1 aromatic rings. The first kappa shape index (κ1) is 17.9. The van der Waals surface area contributed by atoms with Crippen LogP contribution in [0.5, 0.6) is 0 Å². The lowest BCUT2D eigenvalue weighted by Gasteiger charge is -2.09. The van der Waals surface area contributed by atoms with Crippen molar-refractivity contribution in [2.24, 2.45) is 5.73 Å². The van der Waals surface area contributed by atoms with Crippen LogP contribution in [-0.2, 0) is 9.84 Å². The molecule has 1 aromatic carbocycles. The van der Waals surface area contributed by atoms with E-state index in [1.165, 1.54) is 12.1 Å². The number of hydrogen-bond donors (Lipinski definition) is 2. The molecule has 0 aliphatic carbocycles. The molecular formula is C12H19ClN2O3S. The monoisotopic (exact) mass is 306 g/mol. The maximum absolute atomic E-state index is 11.9. The molecule has 1 rings (SSSR count). The average molecular weight is 307 g/mol. The van der Waals surface area contributed by atoms with Crippen LogP contribution in [0.15, 0.2) is 29.2 Å². The van der Waals surface area contributed by atoms with Crippen molar-refractivity contribution in [2.45, 2.75) is 18.2 Å². The Bertz CT molecular complexity index is 517. The molecule has 0 aliphatic heterocycles. The molecule has 108 valence electrons. The molecule has 3 N–H and O–H groups in total. The normalized spacial score (nSPS) is 10.6. The zero-order valence-electron chi connectivity index (χ0n) is 10.8. The smallest absolute Gasteiger partial charge is 0.252 e. The molecule has 5 nitrogen and oxygen atoms in total. The molecule has 0 radical (unpaired) electrons. The molecule has 7 heteroatoms. The van der Waals surface area contributed by atoms with Gasteiger partial charge in [-0.1, -0.05) is 19.1 Å². The van der Waals surface area contributed by atoms with Gasteiger partial charge in [0.15, 0.2) is 9.84 Å². The van der Waals surface area contributed by atoms with Gasteiger partial charge in [-0.25, -0.2) is 8.42 Å². The number of benzene rings is 1. The fourth-order valence-corrected chi connectivity index (χ4v) is 2.57. The number of rotatable bonds is 6. The number of amides is 1. The highest BCUT2D eigenvalue weighted by Gasteiger charge is 2.19. The second-order valence-electron chi connectivity index (χ2n) is 3.80. The summed E-state index contributed by atoms with van der Waals surface area (Å²) in [5.41, 5.74) is 5.52. The van der Waals surface area contributed by atoms with Crippen LogP contribution < -0.4 is 11.1 Å². The highest BCUT2D eigenvalue weighted by Crippen LogP contribution is 2.16. The molecular weight excluding hydrogens is 288 g/mol. The van der Waals surface area contributed by atoms with Gasteiger partial charge in [-0.2, -0.15) is 0 Å². The standard InChI is InChI=1S/C12H18N2O3S.ClH/c1-2-18(16,17)11-7-4-3-6-10(11)12(15)14-9-5-8-13;/h3-4,6-7H,2,5,8-9,13H2,1H3,(H,14,15);1H. The van der Waals surface area contributed by atoms with Crippen LogP contribution in [0.4, 0.5) is 0 Å². The quantitative estimate of drug-likeness (QED) is 0.767. The van der Waals surface area contributed by atoms with E-state index in [0.717, 1.165) is 0 Å². The van der Waals surface area contributed by atoms with E-state index in [1.54, 1.807) is 19.1 Å². The Kier molecular flexibility index (Phi) is 7.66. The fraction of sp³-hybridized carbons (Fsp3) is 0.417. The minimum Gasteiger partial charge on any atom is -0.352 e. The lowest BCUT2D eigenvalue weighted by atomic mass is 10.2. The van der Waals surface area contributed by atoms with Crippen molar-refractivity contribution in [1.82, 2.24) is 5.32 Å². The van der Waals surface area contributed by atoms with Gasteiger partial charge in [-0.3, -0.25) is 4.79 Å². The molecule has 0 heterocycles. The number of hydrogen-bond acceptors (Lipinski definition) is 4. The summed E-state index contributed by atoms with van der Waals surface area (Å²) in [4.78, 5) is 12.0. The SMILES string of the molecule is CCS(=O)(=O)c1ccccc1C(=O)NCCCN.Cl. The van der Waals surface area contributed by atoms with Crippen molar-refractivity contribution >= 4 is 28.2 Å². The van der Waals surface area contributed by atoms with Crippen LogP contribution in [0, 0.1) is 0 Å². The summed E-state index contributed by atoms with van der Waals surface area (Å²) >= 11 is 0. The van der Waals surface area contributed by atoms with Gasteiger partial charge in [-0.05, 0) is 25.1 Å². The molecule has 0 bridgehead atoms. The van der Waals surface area contributed by atoms with E-state index in [9.17, 15) is 13.2 Å². The van der Waals surface area contributed by atoms with Gasteiger partial charge in [0.2, 0.25) is 0 Å². The summed E-state index contributed by atoms with van der Waals surface area (Å²) in [5, 5.41) is 2.65. The molecule has 0 atom stereocenters. The first-order chi connectivity index (χ1) is 8.53. The number of nitrogens with two attached hydrogens (primary N) is 1. The summed E-state index contributed by atoms with van der Waals surface area (Å²) < 4.78 is 23.7. The Labute approximate surface area is 119 Å². The van der Waals surface area contributed by atoms with Crippen molar-refractivity contribution in [3.05, 3.63) is 29.8 Å². The average Bonchev–Trinajstić information content (AvgIpc) is 2.39. The Morgan fingerprint density at radius 1 is 1.32 bits per heavy atom.